The van der Waals surface area contributed by atoms with E-state index in [1.807, 2.05) is 0 Å². The molecule has 0 aliphatic rings. The first-order valence-electron chi connectivity index (χ1n) is 6.37. The molecule has 1 aromatic rings. The van der Waals surface area contributed by atoms with Crippen molar-refractivity contribution in [3.8, 4) is 0 Å². The number of rotatable bonds is 8. The lowest BCUT2D eigenvalue weighted by molar-refractivity contribution is 0.101. The Morgan fingerprint density at radius 1 is 1.21 bits per heavy atom. The first-order chi connectivity index (χ1) is 9.10. The number of benzene rings is 1. The molecule has 0 N–H and O–H groups in total. The molecule has 0 saturated heterocycles. The number of thioether (sulfide) groups is 1. The highest BCUT2D eigenvalue weighted by atomic mass is 32.2. The molecule has 0 heterocycles. The van der Waals surface area contributed by atoms with Crippen LogP contribution in [0.3, 0.4) is 0 Å². The third kappa shape index (κ3) is 4.91. The maximum Gasteiger partial charge on any atom is 0.178 e. The summed E-state index contributed by atoms with van der Waals surface area (Å²) in [5.74, 6) is -1.16. The highest BCUT2D eigenvalue weighted by molar-refractivity contribution is 8.00. The van der Waals surface area contributed by atoms with E-state index < -0.39 is 23.0 Å². The average Bonchev–Trinajstić information content (AvgIpc) is 2.38. The molecule has 19 heavy (non-hydrogen) atoms. The summed E-state index contributed by atoms with van der Waals surface area (Å²) < 4.78 is 26.7. The maximum atomic E-state index is 13.4. The minimum atomic E-state index is -0.783. The average molecular weight is 287 g/mol. The summed E-state index contributed by atoms with van der Waals surface area (Å²) in [4.78, 5) is 14.0. The third-order valence-corrected chi connectivity index (χ3v) is 3.86. The number of Topliss-reactive ketones (excluding diaryl/α,β-unsaturated/α-hetero) is 1. The summed E-state index contributed by atoms with van der Waals surface area (Å²) in [5, 5.41) is 0. The Balaban J connectivity index is 2.44. The second-order valence-corrected chi connectivity index (χ2v) is 5.20. The molecule has 0 saturated carbocycles. The van der Waals surface area contributed by atoms with Gasteiger partial charge in [-0.05, 0) is 25.2 Å². The number of carbonyl (C=O) groups excluding carboxylic acids is 1. The van der Waals surface area contributed by atoms with Gasteiger partial charge in [-0.2, -0.15) is 11.8 Å². The van der Waals surface area contributed by atoms with Gasteiger partial charge in [0.15, 0.2) is 5.78 Å². The quantitative estimate of drug-likeness (QED) is 0.541. The van der Waals surface area contributed by atoms with Crippen molar-refractivity contribution in [2.45, 2.75) is 13.8 Å². The monoisotopic (exact) mass is 287 g/mol. The molecule has 0 fully saturated rings. The minimum Gasteiger partial charge on any atom is -0.303 e. The van der Waals surface area contributed by atoms with Crippen molar-refractivity contribution in [3.63, 3.8) is 0 Å². The number of nitrogens with zero attached hydrogens (tertiary/aromatic N) is 1. The molecule has 0 atom stereocenters. The van der Waals surface area contributed by atoms with E-state index in [9.17, 15) is 13.6 Å². The van der Waals surface area contributed by atoms with Gasteiger partial charge in [-0.15, -0.1) is 0 Å². The Morgan fingerprint density at radius 2 is 1.79 bits per heavy atom. The van der Waals surface area contributed by atoms with Crippen molar-refractivity contribution in [2.75, 3.05) is 31.1 Å². The van der Waals surface area contributed by atoms with Gasteiger partial charge in [-0.3, -0.25) is 4.79 Å². The van der Waals surface area contributed by atoms with Crippen LogP contribution in [0.2, 0.25) is 0 Å². The van der Waals surface area contributed by atoms with Crippen LogP contribution in [0.4, 0.5) is 8.78 Å². The summed E-state index contributed by atoms with van der Waals surface area (Å²) in [6, 6.07) is 3.47. The molecule has 0 aromatic heterocycles. The van der Waals surface area contributed by atoms with Crippen molar-refractivity contribution in [1.82, 2.24) is 4.90 Å². The third-order valence-electron chi connectivity index (χ3n) is 2.92. The van der Waals surface area contributed by atoms with Crippen LogP contribution in [0.15, 0.2) is 18.2 Å². The van der Waals surface area contributed by atoms with E-state index in [1.54, 1.807) is 0 Å². The summed E-state index contributed by atoms with van der Waals surface area (Å²) in [6.07, 6.45) is 0. The Morgan fingerprint density at radius 3 is 2.32 bits per heavy atom. The molecule has 106 valence electrons. The van der Waals surface area contributed by atoms with Crippen LogP contribution in [0, 0.1) is 11.6 Å². The lowest BCUT2D eigenvalue weighted by Crippen LogP contribution is -2.25. The summed E-state index contributed by atoms with van der Waals surface area (Å²) in [6.45, 7) is 6.96. The molecule has 0 aliphatic heterocycles. The van der Waals surface area contributed by atoms with E-state index in [-0.39, 0.29) is 5.75 Å². The van der Waals surface area contributed by atoms with Gasteiger partial charge in [-0.1, -0.05) is 19.9 Å². The summed E-state index contributed by atoms with van der Waals surface area (Å²) >= 11 is 1.41. The number of ketones is 1. The fourth-order valence-corrected chi connectivity index (χ4v) is 2.60. The van der Waals surface area contributed by atoms with Gasteiger partial charge in [0.2, 0.25) is 0 Å². The van der Waals surface area contributed by atoms with E-state index in [0.717, 1.165) is 37.5 Å². The number of hydrogen-bond donors (Lipinski definition) is 0. The van der Waals surface area contributed by atoms with E-state index in [4.69, 9.17) is 0 Å². The van der Waals surface area contributed by atoms with Crippen molar-refractivity contribution < 1.29 is 13.6 Å². The van der Waals surface area contributed by atoms with Crippen LogP contribution in [0.5, 0.6) is 0 Å². The molecule has 2 nitrogen and oxygen atoms in total. The number of halogens is 2. The SMILES string of the molecule is CCN(CC)CCSCC(=O)c1c(F)cccc1F. The van der Waals surface area contributed by atoms with Crippen molar-refractivity contribution in [1.29, 1.82) is 0 Å². The van der Waals surface area contributed by atoms with E-state index >= 15 is 0 Å². The Hall–Kier alpha value is -0.940. The fourth-order valence-electron chi connectivity index (χ4n) is 1.73. The molecule has 1 aromatic carbocycles. The summed E-state index contributed by atoms with van der Waals surface area (Å²) in [5.41, 5.74) is -0.419. The molecule has 1 rings (SSSR count). The molecule has 5 heteroatoms. The zero-order chi connectivity index (χ0) is 14.3. The fraction of sp³-hybridized carbons (Fsp3) is 0.500. The molecular formula is C14H19F2NOS. The van der Waals surface area contributed by atoms with Crippen LogP contribution in [0.1, 0.15) is 24.2 Å². The van der Waals surface area contributed by atoms with Gasteiger partial charge in [0, 0.05) is 12.3 Å². The molecule has 0 bridgehead atoms. The van der Waals surface area contributed by atoms with E-state index in [1.165, 1.54) is 17.8 Å². The first-order valence-corrected chi connectivity index (χ1v) is 7.52. The van der Waals surface area contributed by atoms with Gasteiger partial charge >= 0.3 is 0 Å². The summed E-state index contributed by atoms with van der Waals surface area (Å²) in [7, 11) is 0. The van der Waals surface area contributed by atoms with Gasteiger partial charge in [0.25, 0.3) is 0 Å². The van der Waals surface area contributed by atoms with Crippen LogP contribution >= 0.6 is 11.8 Å². The highest BCUT2D eigenvalue weighted by Gasteiger charge is 2.16. The zero-order valence-electron chi connectivity index (χ0n) is 11.3. The molecule has 0 unspecified atom stereocenters. The maximum absolute atomic E-state index is 13.4. The van der Waals surface area contributed by atoms with Crippen LogP contribution < -0.4 is 0 Å². The molecular weight excluding hydrogens is 268 g/mol. The van der Waals surface area contributed by atoms with Gasteiger partial charge in [-0.25, -0.2) is 8.78 Å². The predicted molar refractivity (Wildman–Crippen MR) is 75.8 cm³/mol. The minimum absolute atomic E-state index is 0.110. The van der Waals surface area contributed by atoms with E-state index in [2.05, 4.69) is 18.7 Å². The van der Waals surface area contributed by atoms with Crippen molar-refractivity contribution in [3.05, 3.63) is 35.4 Å². The van der Waals surface area contributed by atoms with Gasteiger partial charge < -0.3 is 4.90 Å². The Labute approximate surface area is 117 Å². The first kappa shape index (κ1) is 16.1. The van der Waals surface area contributed by atoms with Crippen LogP contribution in [-0.2, 0) is 0 Å². The lowest BCUT2D eigenvalue weighted by Gasteiger charge is -2.17. The normalized spacial score (nSPS) is 11.0. The molecule has 0 radical (unpaired) electrons. The topological polar surface area (TPSA) is 20.3 Å². The largest absolute Gasteiger partial charge is 0.303 e. The van der Waals surface area contributed by atoms with Gasteiger partial charge in [0.05, 0.1) is 11.3 Å². The Bertz CT molecular complexity index is 402. The Kier molecular flexibility index (Phi) is 7.02. The molecule has 0 amide bonds. The molecule has 0 aliphatic carbocycles. The number of carbonyl (C=O) groups is 1. The number of hydrogen-bond acceptors (Lipinski definition) is 3. The van der Waals surface area contributed by atoms with E-state index in [0.29, 0.717) is 0 Å². The second-order valence-electron chi connectivity index (χ2n) is 4.10. The standard InChI is InChI=1S/C14H19F2NOS/c1-3-17(4-2)8-9-19-10-13(18)14-11(15)6-5-7-12(14)16/h5-7H,3-4,8-10H2,1-2H3. The zero-order valence-corrected chi connectivity index (χ0v) is 12.1. The molecule has 0 spiro atoms. The smallest absolute Gasteiger partial charge is 0.178 e. The second kappa shape index (κ2) is 8.27. The van der Waals surface area contributed by atoms with Gasteiger partial charge in [0.1, 0.15) is 11.6 Å². The predicted octanol–water partition coefficient (Wildman–Crippen LogP) is 3.22. The van der Waals surface area contributed by atoms with Crippen molar-refractivity contribution >= 4 is 17.5 Å². The van der Waals surface area contributed by atoms with Crippen LogP contribution in [-0.4, -0.2) is 41.8 Å². The van der Waals surface area contributed by atoms with Crippen molar-refractivity contribution in [2.24, 2.45) is 0 Å². The lowest BCUT2D eigenvalue weighted by atomic mass is 10.1. The highest BCUT2D eigenvalue weighted by Crippen LogP contribution is 2.15. The van der Waals surface area contributed by atoms with Crippen LogP contribution in [0.25, 0.3) is 0 Å².